The van der Waals surface area contributed by atoms with E-state index in [9.17, 15) is 9.59 Å². The van der Waals surface area contributed by atoms with Crippen LogP contribution in [0.3, 0.4) is 0 Å². The van der Waals surface area contributed by atoms with Gasteiger partial charge in [0.2, 0.25) is 5.91 Å². The van der Waals surface area contributed by atoms with Crippen molar-refractivity contribution >= 4 is 11.6 Å². The van der Waals surface area contributed by atoms with Crippen LogP contribution in [0.1, 0.15) is 51.0 Å². The summed E-state index contributed by atoms with van der Waals surface area (Å²) in [7, 11) is 0. The van der Waals surface area contributed by atoms with Gasteiger partial charge in [-0.2, -0.15) is 5.10 Å². The molecule has 0 unspecified atom stereocenters. The molecule has 1 saturated heterocycles. The standard InChI is InChI=1S/C24H32N4O2/c1-18-9-11-21(12-10-18)26-24(30)20-8-5-13-27(17-20)22-14-23(29)28(25-15-22)16-19-6-3-2-4-7-19/h2-4,6-7,14-15,18,20-21H,5,8-13,16-17H2,1H3,(H,26,30)/t18?,20-,21?/m0/s1. The Bertz CT molecular complexity index is 903. The second-order valence-electron chi connectivity index (χ2n) is 8.95. The number of carbonyl (C=O) groups is 1. The van der Waals surface area contributed by atoms with Crippen molar-refractivity contribution < 1.29 is 4.79 Å². The summed E-state index contributed by atoms with van der Waals surface area (Å²) < 4.78 is 1.48. The average Bonchev–Trinajstić information content (AvgIpc) is 2.77. The van der Waals surface area contributed by atoms with Gasteiger partial charge in [0.25, 0.3) is 5.56 Å². The zero-order chi connectivity index (χ0) is 20.9. The topological polar surface area (TPSA) is 67.2 Å². The molecule has 0 bridgehead atoms. The number of piperidine rings is 1. The Hall–Kier alpha value is -2.63. The molecule has 30 heavy (non-hydrogen) atoms. The van der Waals surface area contributed by atoms with Gasteiger partial charge in [0.05, 0.1) is 24.3 Å². The second kappa shape index (κ2) is 9.45. The van der Waals surface area contributed by atoms with Crippen molar-refractivity contribution in [2.45, 2.75) is 58.0 Å². The Morgan fingerprint density at radius 3 is 2.63 bits per heavy atom. The third kappa shape index (κ3) is 5.10. The summed E-state index contributed by atoms with van der Waals surface area (Å²) in [5, 5.41) is 7.66. The van der Waals surface area contributed by atoms with Crippen LogP contribution in [0.4, 0.5) is 5.69 Å². The second-order valence-corrected chi connectivity index (χ2v) is 8.95. The molecule has 1 aromatic carbocycles. The van der Waals surface area contributed by atoms with Crippen molar-refractivity contribution in [3.63, 3.8) is 0 Å². The average molecular weight is 409 g/mol. The summed E-state index contributed by atoms with van der Waals surface area (Å²) in [4.78, 5) is 27.6. The molecule has 1 N–H and O–H groups in total. The van der Waals surface area contributed by atoms with Crippen LogP contribution in [0.2, 0.25) is 0 Å². The van der Waals surface area contributed by atoms with Crippen LogP contribution in [0.25, 0.3) is 0 Å². The normalized spacial score (nSPS) is 24.4. The Morgan fingerprint density at radius 1 is 1.13 bits per heavy atom. The molecule has 2 heterocycles. The number of hydrogen-bond acceptors (Lipinski definition) is 4. The first-order valence-corrected chi connectivity index (χ1v) is 11.2. The number of nitrogens with zero attached hydrogens (tertiary/aromatic N) is 3. The van der Waals surface area contributed by atoms with Gasteiger partial charge in [-0.1, -0.05) is 37.3 Å². The van der Waals surface area contributed by atoms with E-state index in [2.05, 4.69) is 22.2 Å². The van der Waals surface area contributed by atoms with Crippen LogP contribution in [0.5, 0.6) is 0 Å². The zero-order valence-corrected chi connectivity index (χ0v) is 17.8. The van der Waals surface area contributed by atoms with E-state index >= 15 is 0 Å². The van der Waals surface area contributed by atoms with Crippen molar-refractivity contribution in [1.29, 1.82) is 0 Å². The molecule has 0 spiro atoms. The fourth-order valence-electron chi connectivity index (χ4n) is 4.62. The number of amides is 1. The third-order valence-electron chi connectivity index (χ3n) is 6.55. The summed E-state index contributed by atoms with van der Waals surface area (Å²) in [5.74, 6) is 0.925. The molecule has 1 aliphatic carbocycles. The summed E-state index contributed by atoms with van der Waals surface area (Å²) in [6.07, 6.45) is 8.20. The first-order valence-electron chi connectivity index (χ1n) is 11.2. The minimum Gasteiger partial charge on any atom is -0.369 e. The molecule has 0 radical (unpaired) electrons. The Balaban J connectivity index is 1.37. The number of rotatable bonds is 5. The summed E-state index contributed by atoms with van der Waals surface area (Å²) >= 11 is 0. The number of hydrogen-bond donors (Lipinski definition) is 1. The minimum atomic E-state index is -0.112. The van der Waals surface area contributed by atoms with E-state index < -0.39 is 0 Å². The number of benzene rings is 1. The molecule has 1 amide bonds. The predicted molar refractivity (Wildman–Crippen MR) is 119 cm³/mol. The third-order valence-corrected chi connectivity index (χ3v) is 6.55. The van der Waals surface area contributed by atoms with E-state index in [0.717, 1.165) is 49.4 Å². The molecule has 6 heteroatoms. The number of carbonyl (C=O) groups excluding carboxylic acids is 1. The molecule has 6 nitrogen and oxygen atoms in total. The maximum absolute atomic E-state index is 12.8. The van der Waals surface area contributed by atoms with Gasteiger partial charge in [-0.25, -0.2) is 4.68 Å². The maximum Gasteiger partial charge on any atom is 0.269 e. The predicted octanol–water partition coefficient (Wildman–Crippen LogP) is 3.20. The van der Waals surface area contributed by atoms with Crippen LogP contribution < -0.4 is 15.8 Å². The summed E-state index contributed by atoms with van der Waals surface area (Å²) in [6.45, 7) is 4.26. The quantitative estimate of drug-likeness (QED) is 0.825. The molecule has 160 valence electrons. The van der Waals surface area contributed by atoms with Crippen LogP contribution >= 0.6 is 0 Å². The minimum absolute atomic E-state index is 0.0233. The lowest BCUT2D eigenvalue weighted by atomic mass is 9.87. The lowest BCUT2D eigenvalue weighted by Gasteiger charge is -2.35. The van der Waals surface area contributed by atoms with Crippen LogP contribution in [0, 0.1) is 11.8 Å². The number of nitrogens with one attached hydrogen (secondary N) is 1. The van der Waals surface area contributed by atoms with Gasteiger partial charge in [0.1, 0.15) is 0 Å². The van der Waals surface area contributed by atoms with Gasteiger partial charge in [-0.05, 0) is 50.0 Å². The van der Waals surface area contributed by atoms with E-state index in [4.69, 9.17) is 0 Å². The Labute approximate surface area is 178 Å². The molecule has 1 atom stereocenters. The van der Waals surface area contributed by atoms with E-state index in [1.54, 1.807) is 12.3 Å². The summed E-state index contributed by atoms with van der Waals surface area (Å²) in [5.41, 5.74) is 1.75. The first-order chi connectivity index (χ1) is 14.6. The van der Waals surface area contributed by atoms with Crippen LogP contribution in [0.15, 0.2) is 47.4 Å². The fraction of sp³-hybridized carbons (Fsp3) is 0.542. The highest BCUT2D eigenvalue weighted by Gasteiger charge is 2.29. The van der Waals surface area contributed by atoms with E-state index in [1.165, 1.54) is 17.5 Å². The van der Waals surface area contributed by atoms with Crippen molar-refractivity contribution in [1.82, 2.24) is 15.1 Å². The molecular formula is C24H32N4O2. The van der Waals surface area contributed by atoms with E-state index in [-0.39, 0.29) is 17.4 Å². The molecule has 2 aliphatic rings. The van der Waals surface area contributed by atoms with Crippen molar-refractivity contribution in [3.05, 3.63) is 58.5 Å². The van der Waals surface area contributed by atoms with Gasteiger partial charge < -0.3 is 10.2 Å². The monoisotopic (exact) mass is 408 g/mol. The van der Waals surface area contributed by atoms with Gasteiger partial charge in [0.15, 0.2) is 0 Å². The van der Waals surface area contributed by atoms with Crippen molar-refractivity contribution in [3.8, 4) is 0 Å². The van der Waals surface area contributed by atoms with Gasteiger partial charge in [0, 0.05) is 25.2 Å². The Morgan fingerprint density at radius 2 is 1.90 bits per heavy atom. The highest BCUT2D eigenvalue weighted by molar-refractivity contribution is 5.80. The number of aromatic nitrogens is 2. The summed E-state index contributed by atoms with van der Waals surface area (Å²) in [6, 6.07) is 11.8. The molecule has 2 aromatic rings. The van der Waals surface area contributed by atoms with Crippen LogP contribution in [-0.4, -0.2) is 34.8 Å². The van der Waals surface area contributed by atoms with Crippen molar-refractivity contribution in [2.75, 3.05) is 18.0 Å². The van der Waals surface area contributed by atoms with E-state index in [0.29, 0.717) is 19.1 Å². The number of anilines is 1. The highest BCUT2D eigenvalue weighted by atomic mass is 16.2. The largest absolute Gasteiger partial charge is 0.369 e. The fourth-order valence-corrected chi connectivity index (χ4v) is 4.62. The maximum atomic E-state index is 12.8. The van der Waals surface area contributed by atoms with Crippen LogP contribution in [-0.2, 0) is 11.3 Å². The SMILES string of the molecule is CC1CCC(NC(=O)[C@H]2CCCN(c3cnn(Cc4ccccc4)c(=O)c3)C2)CC1. The molecule has 1 aromatic heterocycles. The molecule has 1 aliphatic heterocycles. The first kappa shape index (κ1) is 20.6. The lowest BCUT2D eigenvalue weighted by Crippen LogP contribution is -2.47. The lowest BCUT2D eigenvalue weighted by molar-refractivity contribution is -0.126. The zero-order valence-electron chi connectivity index (χ0n) is 17.8. The molecule has 4 rings (SSSR count). The van der Waals surface area contributed by atoms with Crippen molar-refractivity contribution in [2.24, 2.45) is 11.8 Å². The smallest absolute Gasteiger partial charge is 0.269 e. The highest BCUT2D eigenvalue weighted by Crippen LogP contribution is 2.25. The Kier molecular flexibility index (Phi) is 6.50. The molecule has 1 saturated carbocycles. The van der Waals surface area contributed by atoms with E-state index in [1.807, 2.05) is 30.3 Å². The molecule has 2 fully saturated rings. The van der Waals surface area contributed by atoms with Gasteiger partial charge in [-0.3, -0.25) is 9.59 Å². The van der Waals surface area contributed by atoms with Gasteiger partial charge in [-0.15, -0.1) is 0 Å². The van der Waals surface area contributed by atoms with Gasteiger partial charge >= 0.3 is 0 Å². The molecular weight excluding hydrogens is 376 g/mol.